The van der Waals surface area contributed by atoms with Crippen molar-refractivity contribution in [2.45, 2.75) is 51.6 Å². The normalized spacial score (nSPS) is 29.3. The molecule has 9 nitrogen and oxygen atoms in total. The lowest BCUT2D eigenvalue weighted by Gasteiger charge is -2.40. The largest absolute Gasteiger partial charge is 0.373 e. The summed E-state index contributed by atoms with van der Waals surface area (Å²) < 4.78 is 39.4. The van der Waals surface area contributed by atoms with Crippen molar-refractivity contribution < 1.29 is 13.2 Å². The van der Waals surface area contributed by atoms with Gasteiger partial charge in [-0.3, -0.25) is 4.90 Å². The highest BCUT2D eigenvalue weighted by molar-refractivity contribution is 7.86. The molecule has 2 unspecified atom stereocenters. The molecule has 152 valence electrons. The van der Waals surface area contributed by atoms with Gasteiger partial charge in [-0.15, -0.1) is 0 Å². The lowest BCUT2D eigenvalue weighted by molar-refractivity contribution is -0.0458. The monoisotopic (exact) mass is 416 g/mol. The van der Waals surface area contributed by atoms with Gasteiger partial charge >= 0.3 is 0 Å². The molecule has 11 heteroatoms. The molecule has 0 bridgehead atoms. The summed E-state index contributed by atoms with van der Waals surface area (Å²) in [5.41, 5.74) is 0. The van der Waals surface area contributed by atoms with Gasteiger partial charge in [-0.2, -0.15) is 22.1 Å². The maximum atomic E-state index is 13.0. The average Bonchev–Trinajstić information content (AvgIpc) is 3.40. The Balaban J connectivity index is 1.35. The predicted molar refractivity (Wildman–Crippen MR) is 103 cm³/mol. The number of hydrogen-bond donors (Lipinski definition) is 0. The fourth-order valence-electron chi connectivity index (χ4n) is 3.82. The topological polar surface area (TPSA) is 75.8 Å². The van der Waals surface area contributed by atoms with Crippen LogP contribution in [0, 0.1) is 4.77 Å². The number of hydrogen-bond acceptors (Lipinski definition) is 6. The Hall–Kier alpha value is -0.850. The van der Waals surface area contributed by atoms with E-state index in [4.69, 9.17) is 17.0 Å². The quantitative estimate of drug-likeness (QED) is 0.657. The zero-order chi connectivity index (χ0) is 19.2. The Morgan fingerprint density at radius 3 is 2.33 bits per heavy atom. The van der Waals surface area contributed by atoms with Crippen LogP contribution >= 0.6 is 12.2 Å². The summed E-state index contributed by atoms with van der Waals surface area (Å²) in [4.78, 5) is 2.20. The van der Waals surface area contributed by atoms with Crippen molar-refractivity contribution in [2.24, 2.45) is 0 Å². The summed E-state index contributed by atoms with van der Waals surface area (Å²) in [7, 11) is -3.44. The highest BCUT2D eigenvalue weighted by Gasteiger charge is 2.36. The first-order valence-electron chi connectivity index (χ1n) is 9.61. The Labute approximate surface area is 165 Å². The Morgan fingerprint density at radius 2 is 1.74 bits per heavy atom. The van der Waals surface area contributed by atoms with E-state index in [9.17, 15) is 8.42 Å². The van der Waals surface area contributed by atoms with Crippen LogP contribution in [0.15, 0.2) is 6.33 Å². The molecule has 1 aromatic heterocycles. The van der Waals surface area contributed by atoms with Crippen LogP contribution in [0.4, 0.5) is 0 Å². The molecule has 0 amide bonds. The van der Waals surface area contributed by atoms with E-state index < -0.39 is 10.2 Å². The van der Waals surface area contributed by atoms with E-state index >= 15 is 0 Å². The van der Waals surface area contributed by atoms with Crippen molar-refractivity contribution in [1.82, 2.24) is 27.9 Å². The van der Waals surface area contributed by atoms with E-state index in [2.05, 4.69) is 14.6 Å². The third kappa shape index (κ3) is 4.13. The number of piperazine rings is 1. The number of nitrogens with zero attached hydrogens (tertiary/aromatic N) is 6. The molecule has 2 atom stereocenters. The standard InChI is InChI=1S/C16H28N6O3S2/c1-13-9-20(10-14(2)25-13)27(23,24)19-7-5-18(6-8-19)12-22-16(26)21(11-17-22)15-3-4-15/h11,13-15H,3-10,12H2,1-2H3. The molecular weight excluding hydrogens is 388 g/mol. The fourth-order valence-corrected chi connectivity index (χ4v) is 5.87. The van der Waals surface area contributed by atoms with Crippen molar-refractivity contribution in [1.29, 1.82) is 0 Å². The zero-order valence-corrected chi connectivity index (χ0v) is 17.5. The molecule has 3 fully saturated rings. The summed E-state index contributed by atoms with van der Waals surface area (Å²) >= 11 is 5.51. The third-order valence-electron chi connectivity index (χ3n) is 5.40. The van der Waals surface area contributed by atoms with Gasteiger partial charge in [0.05, 0.1) is 18.9 Å². The second kappa shape index (κ2) is 7.53. The van der Waals surface area contributed by atoms with Crippen LogP contribution in [0.1, 0.15) is 32.7 Å². The second-order valence-corrected chi connectivity index (χ2v) is 10.1. The zero-order valence-electron chi connectivity index (χ0n) is 15.9. The maximum absolute atomic E-state index is 13.0. The van der Waals surface area contributed by atoms with Gasteiger partial charge in [-0.1, -0.05) is 0 Å². The van der Waals surface area contributed by atoms with Gasteiger partial charge in [0.1, 0.15) is 6.33 Å². The number of ether oxygens (including phenoxy) is 1. The number of aromatic nitrogens is 3. The Bertz CT molecular complexity index is 815. The molecule has 3 heterocycles. The minimum atomic E-state index is -3.44. The van der Waals surface area contributed by atoms with Crippen LogP contribution in [0.3, 0.4) is 0 Å². The highest BCUT2D eigenvalue weighted by atomic mass is 32.2. The van der Waals surface area contributed by atoms with Crippen molar-refractivity contribution in [3.63, 3.8) is 0 Å². The van der Waals surface area contributed by atoms with Crippen LogP contribution in [0.2, 0.25) is 0 Å². The maximum Gasteiger partial charge on any atom is 0.282 e. The molecule has 1 aromatic rings. The van der Waals surface area contributed by atoms with E-state index in [0.717, 1.165) is 4.77 Å². The van der Waals surface area contributed by atoms with E-state index in [0.29, 0.717) is 52.0 Å². The van der Waals surface area contributed by atoms with Crippen LogP contribution in [-0.2, 0) is 21.6 Å². The van der Waals surface area contributed by atoms with Gasteiger partial charge < -0.3 is 9.30 Å². The highest BCUT2D eigenvalue weighted by Crippen LogP contribution is 2.34. The summed E-state index contributed by atoms with van der Waals surface area (Å²) in [6, 6.07) is 0.520. The smallest absolute Gasteiger partial charge is 0.282 e. The summed E-state index contributed by atoms with van der Waals surface area (Å²) in [6.45, 7) is 7.60. The molecule has 0 N–H and O–H groups in total. The first-order chi connectivity index (χ1) is 12.8. The van der Waals surface area contributed by atoms with E-state index in [-0.39, 0.29) is 12.2 Å². The summed E-state index contributed by atoms with van der Waals surface area (Å²) in [5.74, 6) is 0. The summed E-state index contributed by atoms with van der Waals surface area (Å²) in [6.07, 6.45) is 4.02. The number of rotatable bonds is 5. The van der Waals surface area contributed by atoms with Gasteiger partial charge in [0.2, 0.25) is 0 Å². The lowest BCUT2D eigenvalue weighted by atomic mass is 10.3. The number of morpholine rings is 1. The molecule has 4 rings (SSSR count). The molecule has 0 aromatic carbocycles. The van der Waals surface area contributed by atoms with Crippen molar-refractivity contribution in [3.8, 4) is 0 Å². The van der Waals surface area contributed by atoms with Crippen molar-refractivity contribution in [2.75, 3.05) is 39.3 Å². The van der Waals surface area contributed by atoms with Crippen LogP contribution in [0.25, 0.3) is 0 Å². The second-order valence-electron chi connectivity index (χ2n) is 7.79. The SMILES string of the molecule is CC1CN(S(=O)(=O)N2CCN(Cn3ncn(C4CC4)c3=S)CC2)CC(C)O1. The molecule has 1 saturated carbocycles. The van der Waals surface area contributed by atoms with E-state index in [1.165, 1.54) is 12.8 Å². The molecule has 3 aliphatic rings. The minimum absolute atomic E-state index is 0.0757. The first-order valence-corrected chi connectivity index (χ1v) is 11.4. The van der Waals surface area contributed by atoms with E-state index in [1.54, 1.807) is 8.61 Å². The molecule has 27 heavy (non-hydrogen) atoms. The average molecular weight is 417 g/mol. The lowest BCUT2D eigenvalue weighted by Crippen LogP contribution is -2.57. The summed E-state index contributed by atoms with van der Waals surface area (Å²) in [5, 5.41) is 4.41. The van der Waals surface area contributed by atoms with Gasteiger partial charge in [0, 0.05) is 45.3 Å². The molecule has 0 spiro atoms. The fraction of sp³-hybridized carbons (Fsp3) is 0.875. The van der Waals surface area contributed by atoms with Crippen LogP contribution < -0.4 is 0 Å². The molecule has 2 aliphatic heterocycles. The third-order valence-corrected chi connectivity index (χ3v) is 7.79. The Morgan fingerprint density at radius 1 is 1.11 bits per heavy atom. The van der Waals surface area contributed by atoms with E-state index in [1.807, 2.05) is 24.9 Å². The Kier molecular flexibility index (Phi) is 5.43. The van der Waals surface area contributed by atoms with Crippen LogP contribution in [-0.4, -0.2) is 87.8 Å². The van der Waals surface area contributed by atoms with Crippen LogP contribution in [0.5, 0.6) is 0 Å². The van der Waals surface area contributed by atoms with Crippen molar-refractivity contribution >= 4 is 22.4 Å². The van der Waals surface area contributed by atoms with Crippen molar-refractivity contribution in [3.05, 3.63) is 11.1 Å². The van der Waals surface area contributed by atoms with Gasteiger partial charge in [-0.25, -0.2) is 4.68 Å². The molecular formula is C16H28N6O3S2. The predicted octanol–water partition coefficient (Wildman–Crippen LogP) is 0.678. The first kappa shape index (κ1) is 19.5. The molecule has 2 saturated heterocycles. The molecule has 0 radical (unpaired) electrons. The van der Waals surface area contributed by atoms with Gasteiger partial charge in [-0.05, 0) is 38.9 Å². The molecule has 1 aliphatic carbocycles. The van der Waals surface area contributed by atoms with Gasteiger partial charge in [0.15, 0.2) is 4.77 Å². The van der Waals surface area contributed by atoms with Gasteiger partial charge in [0.25, 0.3) is 10.2 Å². The minimum Gasteiger partial charge on any atom is -0.373 e.